The Bertz CT molecular complexity index is 959. The molecule has 0 aliphatic carbocycles. The Morgan fingerprint density at radius 3 is 2.52 bits per heavy atom. The molecule has 10 heteroatoms. The monoisotopic (exact) mass is 337 g/mol. The van der Waals surface area contributed by atoms with E-state index in [1.807, 2.05) is 32.9 Å². The predicted molar refractivity (Wildman–Crippen MR) is 86.7 cm³/mol. The normalized spacial score (nSPS) is 10.5. The third-order valence-electron chi connectivity index (χ3n) is 3.20. The van der Waals surface area contributed by atoms with Gasteiger partial charge in [-0.2, -0.15) is 15.0 Å². The van der Waals surface area contributed by atoms with E-state index in [1.54, 1.807) is 6.07 Å². The van der Waals surface area contributed by atoms with Gasteiger partial charge in [0.25, 0.3) is 11.8 Å². The molecule has 0 bridgehead atoms. The van der Waals surface area contributed by atoms with Crippen molar-refractivity contribution in [1.29, 1.82) is 5.26 Å². The maximum Gasteiger partial charge on any atom is 0.252 e. The number of anilines is 1. The summed E-state index contributed by atoms with van der Waals surface area (Å²) in [6.07, 6.45) is 1.33. The highest BCUT2D eigenvalue weighted by Crippen LogP contribution is 2.15. The molecule has 0 unspecified atom stereocenters. The fourth-order valence-corrected chi connectivity index (χ4v) is 2.29. The number of hydrogen-bond donors (Lipinski definition) is 1. The van der Waals surface area contributed by atoms with E-state index in [1.165, 1.54) is 15.7 Å². The maximum absolute atomic E-state index is 12.2. The van der Waals surface area contributed by atoms with Gasteiger partial charge < -0.3 is 5.32 Å². The van der Waals surface area contributed by atoms with Crippen LogP contribution >= 0.6 is 0 Å². The fourth-order valence-electron chi connectivity index (χ4n) is 2.29. The molecule has 0 aliphatic rings. The molecule has 1 amide bonds. The summed E-state index contributed by atoms with van der Waals surface area (Å²) >= 11 is 0. The average Bonchev–Trinajstić information content (AvgIpc) is 3.12. The van der Waals surface area contributed by atoms with Gasteiger partial charge >= 0.3 is 0 Å². The summed E-state index contributed by atoms with van der Waals surface area (Å²) in [5, 5.41) is 19.7. The Balaban J connectivity index is 1.83. The van der Waals surface area contributed by atoms with Crippen molar-refractivity contribution in [3.05, 3.63) is 41.4 Å². The minimum atomic E-state index is -0.333. The van der Waals surface area contributed by atoms with Crippen molar-refractivity contribution >= 4 is 11.7 Å². The number of amides is 1. The largest absolute Gasteiger partial charge is 0.309 e. The Morgan fingerprint density at radius 1 is 1.16 bits per heavy atom. The van der Waals surface area contributed by atoms with Gasteiger partial charge in [-0.3, -0.25) is 4.79 Å². The molecule has 25 heavy (non-hydrogen) atoms. The first-order valence-electron chi connectivity index (χ1n) is 7.43. The first-order valence-corrected chi connectivity index (χ1v) is 7.43. The predicted octanol–water partition coefficient (Wildman–Crippen LogP) is 0.689. The highest BCUT2D eigenvalue weighted by molar-refractivity contribution is 5.89. The molecule has 0 atom stereocenters. The third-order valence-corrected chi connectivity index (χ3v) is 3.20. The van der Waals surface area contributed by atoms with Crippen LogP contribution in [0.2, 0.25) is 0 Å². The van der Waals surface area contributed by atoms with Gasteiger partial charge in [-0.1, -0.05) is 0 Å². The summed E-state index contributed by atoms with van der Waals surface area (Å²) in [7, 11) is 0. The van der Waals surface area contributed by atoms with Crippen molar-refractivity contribution < 1.29 is 4.79 Å². The van der Waals surface area contributed by atoms with Gasteiger partial charge in [-0.15, -0.1) is 5.10 Å². The SMILES string of the molecule is Cc1cc(C)nc(-n2nc(C)cc2NC(=O)Cn2cnc(C#N)n2)n1. The van der Waals surface area contributed by atoms with Crippen molar-refractivity contribution in [2.75, 3.05) is 5.32 Å². The molecular weight excluding hydrogens is 322 g/mol. The molecule has 0 fully saturated rings. The van der Waals surface area contributed by atoms with Crippen LogP contribution in [0.5, 0.6) is 0 Å². The van der Waals surface area contributed by atoms with Crippen LogP contribution in [0.3, 0.4) is 0 Å². The number of nitriles is 1. The highest BCUT2D eigenvalue weighted by Gasteiger charge is 2.14. The standard InChI is InChI=1S/C15H15N9O/c1-9-4-10(2)19-15(18-9)24-13(5-11(3)21-24)20-14(25)7-23-8-17-12(6-16)22-23/h4-5,8H,7H2,1-3H3,(H,20,25). The van der Waals surface area contributed by atoms with Crippen molar-refractivity contribution in [2.45, 2.75) is 27.3 Å². The topological polar surface area (TPSA) is 127 Å². The second kappa shape index (κ2) is 6.48. The Labute approximate surface area is 143 Å². The van der Waals surface area contributed by atoms with E-state index in [-0.39, 0.29) is 18.3 Å². The van der Waals surface area contributed by atoms with Gasteiger partial charge in [0, 0.05) is 17.5 Å². The van der Waals surface area contributed by atoms with Crippen molar-refractivity contribution in [2.24, 2.45) is 0 Å². The second-order valence-electron chi connectivity index (χ2n) is 5.46. The summed E-state index contributed by atoms with van der Waals surface area (Å²) in [5.41, 5.74) is 2.32. The van der Waals surface area contributed by atoms with E-state index < -0.39 is 0 Å². The first kappa shape index (κ1) is 16.3. The zero-order valence-electron chi connectivity index (χ0n) is 13.9. The lowest BCUT2D eigenvalue weighted by molar-refractivity contribution is -0.116. The second-order valence-corrected chi connectivity index (χ2v) is 5.46. The molecule has 0 saturated carbocycles. The minimum Gasteiger partial charge on any atom is -0.309 e. The number of rotatable bonds is 4. The van der Waals surface area contributed by atoms with Crippen LogP contribution in [-0.4, -0.2) is 40.4 Å². The molecule has 1 N–H and O–H groups in total. The molecule has 0 saturated heterocycles. The number of nitrogens with zero attached hydrogens (tertiary/aromatic N) is 8. The van der Waals surface area contributed by atoms with E-state index in [2.05, 4.69) is 30.5 Å². The third kappa shape index (κ3) is 3.66. The van der Waals surface area contributed by atoms with Crippen LogP contribution in [0, 0.1) is 32.1 Å². The van der Waals surface area contributed by atoms with Gasteiger partial charge in [-0.05, 0) is 26.8 Å². The molecule has 10 nitrogen and oxygen atoms in total. The van der Waals surface area contributed by atoms with Gasteiger partial charge in [0.15, 0.2) is 0 Å². The molecule has 3 aromatic heterocycles. The number of nitrogens with one attached hydrogen (secondary N) is 1. The van der Waals surface area contributed by atoms with Gasteiger partial charge in [0.2, 0.25) is 5.91 Å². The lowest BCUT2D eigenvalue weighted by Gasteiger charge is -2.08. The first-order chi connectivity index (χ1) is 11.9. The fraction of sp³-hybridized carbons (Fsp3) is 0.267. The number of hydrogen-bond acceptors (Lipinski definition) is 7. The Morgan fingerprint density at radius 2 is 1.88 bits per heavy atom. The number of aromatic nitrogens is 7. The van der Waals surface area contributed by atoms with E-state index in [9.17, 15) is 4.79 Å². The molecule has 0 aromatic carbocycles. The van der Waals surface area contributed by atoms with Crippen molar-refractivity contribution in [1.82, 2.24) is 34.5 Å². The summed E-state index contributed by atoms with van der Waals surface area (Å²) < 4.78 is 2.77. The zero-order chi connectivity index (χ0) is 18.0. The number of carbonyl (C=O) groups excluding carboxylic acids is 1. The molecule has 0 spiro atoms. The molecule has 3 heterocycles. The van der Waals surface area contributed by atoms with Crippen LogP contribution in [-0.2, 0) is 11.3 Å². The summed E-state index contributed by atoms with van der Waals surface area (Å²) in [5.74, 6) is 0.513. The van der Waals surface area contributed by atoms with Gasteiger partial charge in [-0.25, -0.2) is 19.6 Å². The molecule has 0 radical (unpaired) electrons. The lowest BCUT2D eigenvalue weighted by atomic mass is 10.4. The zero-order valence-corrected chi connectivity index (χ0v) is 13.9. The van der Waals surface area contributed by atoms with Crippen LogP contribution < -0.4 is 5.32 Å². The quantitative estimate of drug-likeness (QED) is 0.742. The Hall–Kier alpha value is -3.61. The minimum absolute atomic E-state index is 0.0114. The van der Waals surface area contributed by atoms with Crippen LogP contribution in [0.15, 0.2) is 18.5 Å². The lowest BCUT2D eigenvalue weighted by Crippen LogP contribution is -2.21. The van der Waals surface area contributed by atoms with E-state index in [0.717, 1.165) is 11.4 Å². The molecular formula is C15H15N9O. The average molecular weight is 337 g/mol. The Kier molecular flexibility index (Phi) is 4.21. The molecule has 0 aliphatic heterocycles. The molecule has 126 valence electrons. The summed E-state index contributed by atoms with van der Waals surface area (Å²) in [4.78, 5) is 24.7. The maximum atomic E-state index is 12.2. The van der Waals surface area contributed by atoms with E-state index in [4.69, 9.17) is 5.26 Å². The van der Waals surface area contributed by atoms with Crippen LogP contribution in [0.4, 0.5) is 5.82 Å². The molecule has 3 aromatic rings. The van der Waals surface area contributed by atoms with Crippen molar-refractivity contribution in [3.63, 3.8) is 0 Å². The smallest absolute Gasteiger partial charge is 0.252 e. The highest BCUT2D eigenvalue weighted by atomic mass is 16.2. The van der Waals surface area contributed by atoms with Crippen LogP contribution in [0.1, 0.15) is 22.9 Å². The van der Waals surface area contributed by atoms with E-state index in [0.29, 0.717) is 17.5 Å². The number of carbonyl (C=O) groups is 1. The van der Waals surface area contributed by atoms with Crippen LogP contribution in [0.25, 0.3) is 5.95 Å². The number of aryl methyl sites for hydroxylation is 3. The summed E-state index contributed by atoms with van der Waals surface area (Å²) in [6.45, 7) is 5.46. The van der Waals surface area contributed by atoms with Gasteiger partial charge in [0.1, 0.15) is 24.8 Å². The van der Waals surface area contributed by atoms with E-state index >= 15 is 0 Å². The van der Waals surface area contributed by atoms with Gasteiger partial charge in [0.05, 0.1) is 5.69 Å². The molecule has 3 rings (SSSR count). The summed E-state index contributed by atoms with van der Waals surface area (Å²) in [6, 6.07) is 5.39. The van der Waals surface area contributed by atoms with Crippen molar-refractivity contribution in [3.8, 4) is 12.0 Å².